The zero-order valence-electron chi connectivity index (χ0n) is 37.1. The number of nitrogens with zero attached hydrogens (tertiary/aromatic N) is 4. The zero-order valence-corrected chi connectivity index (χ0v) is 40.0. The Morgan fingerprint density at radius 2 is 1.32 bits per heavy atom. The van der Waals surface area contributed by atoms with Crippen molar-refractivity contribution in [2.75, 3.05) is 13.2 Å². The van der Waals surface area contributed by atoms with Crippen molar-refractivity contribution in [2.45, 2.75) is 167 Å². The Bertz CT molecular complexity index is 2350. The fourth-order valence-electron chi connectivity index (χ4n) is 7.13. The van der Waals surface area contributed by atoms with Gasteiger partial charge in [0.05, 0.1) is 24.3 Å². The van der Waals surface area contributed by atoms with Crippen LogP contribution in [0.3, 0.4) is 0 Å². The van der Waals surface area contributed by atoms with Gasteiger partial charge in [-0.3, -0.25) is 27.9 Å². The lowest BCUT2D eigenvalue weighted by molar-refractivity contribution is -0.0567. The van der Waals surface area contributed by atoms with Crippen LogP contribution in [-0.4, -0.2) is 85.6 Å². The van der Waals surface area contributed by atoms with E-state index >= 15 is 0 Å². The summed E-state index contributed by atoms with van der Waals surface area (Å²) in [6.45, 7) is 23.5. The van der Waals surface area contributed by atoms with Crippen molar-refractivity contribution in [1.29, 1.82) is 0 Å². The van der Waals surface area contributed by atoms with Gasteiger partial charge in [-0.25, -0.2) is 13.8 Å². The Morgan fingerprint density at radius 3 is 1.78 bits per heavy atom. The molecule has 17 nitrogen and oxygen atoms in total. The molecular weight excluding hydrogens is 831 g/mol. The first-order chi connectivity index (χ1) is 27.6. The van der Waals surface area contributed by atoms with Gasteiger partial charge in [-0.05, 0) is 69.0 Å². The molecule has 6 atom stereocenters. The third-order valence-corrected chi connectivity index (χ3v) is 22.9. The molecule has 0 radical (unpaired) electrons. The lowest BCUT2D eigenvalue weighted by atomic mass is 9.89. The van der Waals surface area contributed by atoms with E-state index in [4.69, 9.17) is 28.2 Å². The summed E-state index contributed by atoms with van der Waals surface area (Å²) in [5, 5.41) is 9.74. The minimum atomic E-state index is -4.29. The second-order valence-corrected chi connectivity index (χ2v) is 30.2. The summed E-state index contributed by atoms with van der Waals surface area (Å²) < 4.78 is 63.3. The van der Waals surface area contributed by atoms with Crippen molar-refractivity contribution in [2.24, 2.45) is 5.73 Å². The van der Waals surface area contributed by atoms with Gasteiger partial charge in [0.2, 0.25) is 0 Å². The quantitative estimate of drug-likeness (QED) is 0.113. The Hall–Kier alpha value is -3.22. The molecule has 0 amide bonds. The lowest BCUT2D eigenvalue weighted by Gasteiger charge is -2.43. The summed E-state index contributed by atoms with van der Waals surface area (Å²) in [4.78, 5) is 54.3. The smallest absolute Gasteiger partial charge is 0.333 e. The molecule has 2 aromatic heterocycles. The highest BCUT2D eigenvalue weighted by molar-refractivity contribution is 7.90. The molecule has 0 aromatic carbocycles. The Balaban J connectivity index is 1.42. The van der Waals surface area contributed by atoms with Crippen LogP contribution in [0, 0.1) is 13.8 Å². The molecule has 2 aromatic rings. The van der Waals surface area contributed by atoms with Crippen molar-refractivity contribution < 1.29 is 36.0 Å². The van der Waals surface area contributed by atoms with Gasteiger partial charge in [0.15, 0.2) is 34.7 Å². The second kappa shape index (κ2) is 17.2. The maximum absolute atomic E-state index is 14.5. The molecule has 1 saturated heterocycles. The number of unbranched alkanes of at least 4 members (excludes halogenated alkanes) is 3. The second-order valence-electron chi connectivity index (χ2n) is 19.3. The van der Waals surface area contributed by atoms with E-state index in [9.17, 15) is 32.7 Å². The molecule has 20 heteroatoms. The number of aliphatic hydroxyl groups excluding tert-OH is 1. The van der Waals surface area contributed by atoms with Crippen molar-refractivity contribution in [3.05, 3.63) is 88.5 Å². The highest BCUT2D eigenvalue weighted by Crippen LogP contribution is 2.52. The van der Waals surface area contributed by atoms with Gasteiger partial charge in [-0.2, -0.15) is 8.42 Å². The normalized spacial score (nSPS) is 25.8. The molecule has 0 saturated carbocycles. The topological polar surface area (TPSA) is 215 Å². The molecule has 5 heterocycles. The number of nitrogens with two attached hydrogens (primary N) is 1. The van der Waals surface area contributed by atoms with Gasteiger partial charge in [-0.1, -0.05) is 60.5 Å². The first-order valence-electron chi connectivity index (χ1n) is 20.6. The first kappa shape index (κ1) is 47.8. The van der Waals surface area contributed by atoms with Crippen LogP contribution >= 0.6 is 0 Å². The largest absolute Gasteiger partial charge is 0.414 e. The predicted octanol–water partition coefficient (Wildman–Crippen LogP) is 3.87. The van der Waals surface area contributed by atoms with Crippen LogP contribution in [0.15, 0.2) is 54.8 Å². The molecular formula is C40H65N5O12SSi2. The van der Waals surface area contributed by atoms with Crippen LogP contribution in [-0.2, 0) is 45.7 Å². The standard InChI is InChI=1S/C40H65N5O12SSi2/c1-26-21-44(31-18-17-28(23-46)54-31)36(49)42(33(26)47)19-15-13-14-16-20-43-34(48)27(2)22-45(37(43)50)35-32(56-60(11,12)39(6,7)8)40(29(41)25-58(51,52)57-40)30(55-35)24-53-59(9,10)38(3,4)5/h17-18,21-22,25,28,30-32,35,46H,13-16,19-20,23-24,41H2,1-12H3/t28-,30?,31+,32-,35+,40?/m0/s1. The molecule has 3 N–H and O–H groups in total. The average Bonchev–Trinajstić information content (AvgIpc) is 3.80. The number of hydrogen-bond donors (Lipinski definition) is 2. The SMILES string of the molecule is Cc1cn([C@@H]2OC(CO[Si](C)(C)C(C)(C)C)C3(OS(=O)(=O)C=C3N)[C@H]2O[Si](C)(C)C(C)(C)C)c(=O)n(CCCCCCn2c(=O)c(C)cn([C@H]3C=C[C@@H](CO)O3)c2=O)c1=O. The summed E-state index contributed by atoms with van der Waals surface area (Å²) in [5.41, 5.74) is 3.17. The van der Waals surface area contributed by atoms with Gasteiger partial charge in [0.1, 0.15) is 18.3 Å². The van der Waals surface area contributed by atoms with E-state index in [2.05, 4.69) is 33.9 Å². The molecule has 5 rings (SSSR count). The molecule has 3 aliphatic rings. The van der Waals surface area contributed by atoms with Gasteiger partial charge < -0.3 is 29.2 Å². The summed E-state index contributed by atoms with van der Waals surface area (Å²) in [5.74, 6) is 0. The molecule has 60 heavy (non-hydrogen) atoms. The van der Waals surface area contributed by atoms with Crippen molar-refractivity contribution in [3.63, 3.8) is 0 Å². The molecule has 0 aliphatic carbocycles. The Kier molecular flexibility index (Phi) is 13.7. The average molecular weight is 896 g/mol. The summed E-state index contributed by atoms with van der Waals surface area (Å²) in [6, 6.07) is 0. The first-order valence-corrected chi connectivity index (χ1v) is 27.9. The zero-order chi connectivity index (χ0) is 45.0. The van der Waals surface area contributed by atoms with Crippen LogP contribution in [0.5, 0.6) is 0 Å². The number of rotatable bonds is 15. The molecule has 3 aliphatic heterocycles. The fraction of sp³-hybridized carbons (Fsp3) is 0.700. The van der Waals surface area contributed by atoms with Gasteiger partial charge in [0, 0.05) is 36.6 Å². The van der Waals surface area contributed by atoms with E-state index in [0.29, 0.717) is 31.2 Å². The van der Waals surface area contributed by atoms with Crippen LogP contribution in [0.25, 0.3) is 0 Å². The van der Waals surface area contributed by atoms with E-state index in [-0.39, 0.29) is 47.6 Å². The highest BCUT2D eigenvalue weighted by Gasteiger charge is 2.67. The third kappa shape index (κ3) is 9.27. The molecule has 2 unspecified atom stereocenters. The minimum Gasteiger partial charge on any atom is -0.414 e. The summed E-state index contributed by atoms with van der Waals surface area (Å²) in [7, 11) is -9.52. The fourth-order valence-corrected chi connectivity index (χ4v) is 10.6. The monoisotopic (exact) mass is 895 g/mol. The lowest BCUT2D eigenvalue weighted by Crippen LogP contribution is -2.59. The maximum Gasteiger partial charge on any atom is 0.333 e. The molecule has 336 valence electrons. The van der Waals surface area contributed by atoms with E-state index in [1.807, 2.05) is 33.9 Å². The number of hydrogen-bond acceptors (Lipinski definition) is 13. The molecule has 1 spiro atoms. The highest BCUT2D eigenvalue weighted by atomic mass is 32.2. The van der Waals surface area contributed by atoms with E-state index in [0.717, 1.165) is 9.98 Å². The summed E-state index contributed by atoms with van der Waals surface area (Å²) in [6.07, 6.45) is 3.38. The van der Waals surface area contributed by atoms with Gasteiger partial charge in [0.25, 0.3) is 21.2 Å². The van der Waals surface area contributed by atoms with Gasteiger partial charge >= 0.3 is 11.4 Å². The third-order valence-electron chi connectivity index (χ3n) is 12.9. The number of ether oxygens (including phenoxy) is 2. The van der Waals surface area contributed by atoms with Gasteiger partial charge in [-0.15, -0.1) is 0 Å². The maximum atomic E-state index is 14.5. The number of aromatic nitrogens is 4. The number of aryl methyl sites for hydroxylation is 2. The summed E-state index contributed by atoms with van der Waals surface area (Å²) >= 11 is 0. The van der Waals surface area contributed by atoms with Crippen LogP contribution in [0.1, 0.15) is 90.8 Å². The van der Waals surface area contributed by atoms with E-state index in [1.54, 1.807) is 26.0 Å². The molecule has 1 fully saturated rings. The van der Waals surface area contributed by atoms with Crippen molar-refractivity contribution in [3.8, 4) is 0 Å². The van der Waals surface area contributed by atoms with Crippen LogP contribution < -0.4 is 28.2 Å². The Labute approximate surface area is 354 Å². The Morgan fingerprint density at radius 1 is 0.800 bits per heavy atom. The molecule has 0 bridgehead atoms. The van der Waals surface area contributed by atoms with Crippen molar-refractivity contribution >= 4 is 26.8 Å². The number of aliphatic hydroxyl groups is 1. The predicted molar refractivity (Wildman–Crippen MR) is 232 cm³/mol. The van der Waals surface area contributed by atoms with Crippen LogP contribution in [0.4, 0.5) is 0 Å². The van der Waals surface area contributed by atoms with E-state index < -0.39 is 85.6 Å². The van der Waals surface area contributed by atoms with Crippen LogP contribution in [0.2, 0.25) is 36.3 Å². The van der Waals surface area contributed by atoms with Crippen molar-refractivity contribution in [1.82, 2.24) is 18.3 Å². The minimum absolute atomic E-state index is 0.0599. The van der Waals surface area contributed by atoms with E-state index in [1.165, 1.54) is 26.1 Å².